The van der Waals surface area contributed by atoms with E-state index in [9.17, 15) is 9.59 Å². The number of hydrogen-bond acceptors (Lipinski definition) is 4. The first kappa shape index (κ1) is 16.8. The maximum absolute atomic E-state index is 11.4. The number of amides is 1. The van der Waals surface area contributed by atoms with E-state index in [0.29, 0.717) is 5.75 Å². The fourth-order valence-electron chi connectivity index (χ4n) is 0.976. The van der Waals surface area contributed by atoms with Gasteiger partial charge in [0, 0.05) is 11.5 Å². The van der Waals surface area contributed by atoms with Gasteiger partial charge < -0.3 is 15.2 Å². The Balaban J connectivity index is 4.23. The van der Waals surface area contributed by atoms with E-state index in [1.54, 1.807) is 20.8 Å². The predicted octanol–water partition coefficient (Wildman–Crippen LogP) is 2.27. The van der Waals surface area contributed by atoms with Gasteiger partial charge in [-0.3, -0.25) is 0 Å². The Morgan fingerprint density at radius 1 is 1.44 bits per heavy atom. The van der Waals surface area contributed by atoms with Gasteiger partial charge in [-0.2, -0.15) is 11.8 Å². The van der Waals surface area contributed by atoms with Gasteiger partial charge in [-0.15, -0.1) is 0 Å². The molecule has 0 bridgehead atoms. The lowest BCUT2D eigenvalue weighted by Crippen LogP contribution is -2.45. The molecule has 6 heteroatoms. The van der Waals surface area contributed by atoms with Crippen molar-refractivity contribution in [3.05, 3.63) is 12.2 Å². The molecule has 0 saturated carbocycles. The Kier molecular flexibility index (Phi) is 6.83. The van der Waals surface area contributed by atoms with Crippen LogP contribution in [0, 0.1) is 0 Å². The molecule has 0 aromatic rings. The minimum absolute atomic E-state index is 0.279. The van der Waals surface area contributed by atoms with Crippen molar-refractivity contribution in [2.75, 3.05) is 11.5 Å². The molecule has 18 heavy (non-hydrogen) atoms. The lowest BCUT2D eigenvalue weighted by atomic mass is 10.2. The lowest BCUT2D eigenvalue weighted by molar-refractivity contribution is -0.138. The minimum Gasteiger partial charge on any atom is -0.480 e. The van der Waals surface area contributed by atoms with Crippen LogP contribution in [-0.2, 0) is 9.53 Å². The number of thioether (sulfide) groups is 1. The summed E-state index contributed by atoms with van der Waals surface area (Å²) in [7, 11) is 0. The Hall–Kier alpha value is -1.17. The SMILES string of the molecule is C=C(C)CSCC(NC(=O)OC(C)(C)C)C(=O)O. The van der Waals surface area contributed by atoms with Crippen LogP contribution in [0.1, 0.15) is 27.7 Å². The summed E-state index contributed by atoms with van der Waals surface area (Å²) in [6.07, 6.45) is -0.717. The molecule has 5 nitrogen and oxygen atoms in total. The predicted molar refractivity (Wildman–Crippen MR) is 72.9 cm³/mol. The highest BCUT2D eigenvalue weighted by Crippen LogP contribution is 2.10. The van der Waals surface area contributed by atoms with Gasteiger partial charge in [0.05, 0.1) is 0 Å². The first-order chi connectivity index (χ1) is 8.11. The highest BCUT2D eigenvalue weighted by Gasteiger charge is 2.23. The van der Waals surface area contributed by atoms with Crippen molar-refractivity contribution >= 4 is 23.8 Å². The van der Waals surface area contributed by atoms with E-state index in [0.717, 1.165) is 5.57 Å². The number of carbonyl (C=O) groups is 2. The standard InChI is InChI=1S/C12H21NO4S/c1-8(2)6-18-7-9(10(14)15)13-11(16)17-12(3,4)5/h9H,1,6-7H2,2-5H3,(H,13,16)(H,14,15). The molecule has 2 N–H and O–H groups in total. The maximum atomic E-state index is 11.4. The minimum atomic E-state index is -1.07. The summed E-state index contributed by atoms with van der Waals surface area (Å²) in [6.45, 7) is 10.8. The number of alkyl carbamates (subject to hydrolysis) is 1. The molecule has 0 aromatic carbocycles. The fourth-order valence-corrected chi connectivity index (χ4v) is 1.90. The zero-order valence-electron chi connectivity index (χ0n) is 11.3. The largest absolute Gasteiger partial charge is 0.480 e. The molecule has 0 heterocycles. The Labute approximate surface area is 112 Å². The first-order valence-corrected chi connectivity index (χ1v) is 6.71. The summed E-state index contributed by atoms with van der Waals surface area (Å²) >= 11 is 1.41. The van der Waals surface area contributed by atoms with Crippen molar-refractivity contribution in [2.24, 2.45) is 0 Å². The smallest absolute Gasteiger partial charge is 0.408 e. The third-order valence-corrected chi connectivity index (χ3v) is 2.89. The first-order valence-electron chi connectivity index (χ1n) is 5.56. The van der Waals surface area contributed by atoms with E-state index in [1.165, 1.54) is 11.8 Å². The summed E-state index contributed by atoms with van der Waals surface area (Å²) in [5.41, 5.74) is 0.319. The van der Waals surface area contributed by atoms with Gasteiger partial charge in [0.15, 0.2) is 0 Å². The summed E-state index contributed by atoms with van der Waals surface area (Å²) in [4.78, 5) is 22.4. The molecule has 0 aliphatic carbocycles. The molecule has 0 aliphatic heterocycles. The average molecular weight is 275 g/mol. The number of carboxylic acid groups (broad SMARTS) is 1. The van der Waals surface area contributed by atoms with Crippen molar-refractivity contribution in [3.8, 4) is 0 Å². The number of hydrogen-bond donors (Lipinski definition) is 2. The van der Waals surface area contributed by atoms with Crippen LogP contribution >= 0.6 is 11.8 Å². The Morgan fingerprint density at radius 2 is 2.00 bits per heavy atom. The van der Waals surface area contributed by atoms with Crippen LogP contribution in [0.3, 0.4) is 0 Å². The molecular formula is C12H21NO4S. The van der Waals surface area contributed by atoms with Gasteiger partial charge >= 0.3 is 12.1 Å². The molecule has 0 fully saturated rings. The second-order valence-electron chi connectivity index (χ2n) is 5.01. The van der Waals surface area contributed by atoms with Crippen LogP contribution in [0.25, 0.3) is 0 Å². The van der Waals surface area contributed by atoms with Crippen LogP contribution < -0.4 is 5.32 Å². The Bertz CT molecular complexity index is 323. The van der Waals surface area contributed by atoms with Gasteiger partial charge in [-0.25, -0.2) is 9.59 Å². The van der Waals surface area contributed by atoms with E-state index in [-0.39, 0.29) is 5.75 Å². The summed E-state index contributed by atoms with van der Waals surface area (Å²) < 4.78 is 5.01. The molecule has 0 aliphatic rings. The fraction of sp³-hybridized carbons (Fsp3) is 0.667. The van der Waals surface area contributed by atoms with Crippen molar-refractivity contribution in [1.82, 2.24) is 5.32 Å². The van der Waals surface area contributed by atoms with E-state index in [4.69, 9.17) is 9.84 Å². The van der Waals surface area contributed by atoms with Crippen molar-refractivity contribution in [3.63, 3.8) is 0 Å². The molecular weight excluding hydrogens is 254 g/mol. The van der Waals surface area contributed by atoms with E-state index >= 15 is 0 Å². The molecule has 0 saturated heterocycles. The summed E-state index contributed by atoms with van der Waals surface area (Å²) in [5.74, 6) is -0.128. The number of ether oxygens (including phenoxy) is 1. The Morgan fingerprint density at radius 3 is 2.39 bits per heavy atom. The number of carboxylic acids is 1. The van der Waals surface area contributed by atoms with Crippen LogP contribution in [0.15, 0.2) is 12.2 Å². The highest BCUT2D eigenvalue weighted by atomic mass is 32.2. The van der Waals surface area contributed by atoms with E-state index in [2.05, 4.69) is 11.9 Å². The van der Waals surface area contributed by atoms with Gasteiger partial charge in [-0.05, 0) is 27.7 Å². The van der Waals surface area contributed by atoms with Gasteiger partial charge in [0.2, 0.25) is 0 Å². The summed E-state index contributed by atoms with van der Waals surface area (Å²) in [5, 5.41) is 11.3. The average Bonchev–Trinajstić information content (AvgIpc) is 2.12. The van der Waals surface area contributed by atoms with Crippen LogP contribution in [0.4, 0.5) is 4.79 Å². The molecule has 104 valence electrons. The number of carbonyl (C=O) groups excluding carboxylic acids is 1. The normalized spacial score (nSPS) is 12.7. The van der Waals surface area contributed by atoms with Crippen molar-refractivity contribution < 1.29 is 19.4 Å². The number of rotatable bonds is 6. The molecule has 0 rings (SSSR count). The molecule has 0 radical (unpaired) electrons. The maximum Gasteiger partial charge on any atom is 0.408 e. The third kappa shape index (κ3) is 8.92. The van der Waals surface area contributed by atoms with Crippen LogP contribution in [0.5, 0.6) is 0 Å². The number of aliphatic carboxylic acids is 1. The van der Waals surface area contributed by atoms with Gasteiger partial charge in [0.25, 0.3) is 0 Å². The zero-order chi connectivity index (χ0) is 14.3. The molecule has 0 spiro atoms. The van der Waals surface area contributed by atoms with Crippen LogP contribution in [-0.4, -0.2) is 40.3 Å². The quantitative estimate of drug-likeness (QED) is 0.727. The second kappa shape index (κ2) is 7.31. The lowest BCUT2D eigenvalue weighted by Gasteiger charge is -2.21. The third-order valence-electron chi connectivity index (χ3n) is 1.62. The molecule has 0 aromatic heterocycles. The second-order valence-corrected chi connectivity index (χ2v) is 6.04. The van der Waals surface area contributed by atoms with Gasteiger partial charge in [-0.1, -0.05) is 12.2 Å². The molecule has 1 atom stereocenters. The van der Waals surface area contributed by atoms with E-state index in [1.807, 2.05) is 6.92 Å². The zero-order valence-corrected chi connectivity index (χ0v) is 12.1. The van der Waals surface area contributed by atoms with Crippen LogP contribution in [0.2, 0.25) is 0 Å². The monoisotopic (exact) mass is 275 g/mol. The van der Waals surface area contributed by atoms with E-state index < -0.39 is 23.7 Å². The highest BCUT2D eigenvalue weighted by molar-refractivity contribution is 7.99. The van der Waals surface area contributed by atoms with Gasteiger partial charge in [0.1, 0.15) is 11.6 Å². The number of nitrogens with one attached hydrogen (secondary N) is 1. The van der Waals surface area contributed by atoms with Crippen molar-refractivity contribution in [1.29, 1.82) is 0 Å². The molecule has 1 amide bonds. The summed E-state index contributed by atoms with van der Waals surface area (Å²) in [6, 6.07) is -0.954. The van der Waals surface area contributed by atoms with Crippen molar-refractivity contribution in [2.45, 2.75) is 39.3 Å². The molecule has 1 unspecified atom stereocenters. The topological polar surface area (TPSA) is 75.6 Å².